The van der Waals surface area contributed by atoms with E-state index in [0.29, 0.717) is 42.0 Å². The van der Waals surface area contributed by atoms with E-state index in [4.69, 9.17) is 4.74 Å². The summed E-state index contributed by atoms with van der Waals surface area (Å²) in [5.41, 5.74) is 2.17. The predicted octanol–water partition coefficient (Wildman–Crippen LogP) is 3.18. The lowest BCUT2D eigenvalue weighted by Crippen LogP contribution is -2.43. The Kier molecular flexibility index (Phi) is 7.58. The standard InChI is InChI=1S/C30H30N4O5/c1-2-39-24-13-11-23(12-14-24)31-27(35)20-34-26-10-6-5-9-25(26)29(37)33(30(34)38)18-16-28(36)32-17-15-21-7-3-4-8-22(21)19-32/h3-14H,2,15-20H2,1H3,(H,31,35). The molecule has 0 radical (unpaired) electrons. The van der Waals surface area contributed by atoms with Crippen LogP contribution in [0.15, 0.2) is 82.4 Å². The summed E-state index contributed by atoms with van der Waals surface area (Å²) in [5, 5.41) is 3.10. The first-order chi connectivity index (χ1) is 18.9. The van der Waals surface area contributed by atoms with Crippen molar-refractivity contribution in [3.05, 3.63) is 105 Å². The maximum Gasteiger partial charge on any atom is 0.331 e. The number of anilines is 1. The summed E-state index contributed by atoms with van der Waals surface area (Å²) in [7, 11) is 0. The first kappa shape index (κ1) is 26.0. The maximum atomic E-state index is 13.5. The number of carbonyl (C=O) groups is 2. The zero-order chi connectivity index (χ0) is 27.4. The van der Waals surface area contributed by atoms with Gasteiger partial charge in [-0.05, 0) is 60.9 Å². The van der Waals surface area contributed by atoms with Crippen LogP contribution >= 0.6 is 0 Å². The third-order valence-electron chi connectivity index (χ3n) is 6.92. The Labute approximate surface area is 225 Å². The Hall–Kier alpha value is -4.66. The van der Waals surface area contributed by atoms with Gasteiger partial charge >= 0.3 is 5.69 Å². The molecule has 0 fully saturated rings. The summed E-state index contributed by atoms with van der Waals surface area (Å²) in [5.74, 6) is 0.150. The van der Waals surface area contributed by atoms with Crippen LogP contribution in [0.3, 0.4) is 0 Å². The predicted molar refractivity (Wildman–Crippen MR) is 149 cm³/mol. The number of hydrogen-bond donors (Lipinski definition) is 1. The van der Waals surface area contributed by atoms with Crippen LogP contribution in [0.25, 0.3) is 10.9 Å². The number of carbonyl (C=O) groups excluding carboxylic acids is 2. The summed E-state index contributed by atoms with van der Waals surface area (Å²) < 4.78 is 7.76. The minimum atomic E-state index is -0.627. The van der Waals surface area contributed by atoms with E-state index in [2.05, 4.69) is 11.4 Å². The lowest BCUT2D eigenvalue weighted by molar-refractivity contribution is -0.132. The topological polar surface area (TPSA) is 103 Å². The molecule has 200 valence electrons. The summed E-state index contributed by atoms with van der Waals surface area (Å²) in [6, 6.07) is 21.6. The number of hydrogen-bond acceptors (Lipinski definition) is 5. The normalized spacial score (nSPS) is 12.7. The minimum absolute atomic E-state index is 0.00797. The number of amides is 2. The fourth-order valence-corrected chi connectivity index (χ4v) is 4.94. The molecule has 4 aromatic rings. The highest BCUT2D eigenvalue weighted by Gasteiger charge is 2.22. The van der Waals surface area contributed by atoms with Crippen molar-refractivity contribution in [2.75, 3.05) is 18.5 Å². The molecule has 5 rings (SSSR count). The first-order valence-electron chi connectivity index (χ1n) is 13.0. The molecular weight excluding hydrogens is 496 g/mol. The number of rotatable bonds is 8. The zero-order valence-corrected chi connectivity index (χ0v) is 21.8. The van der Waals surface area contributed by atoms with Crippen molar-refractivity contribution in [2.24, 2.45) is 0 Å². The summed E-state index contributed by atoms with van der Waals surface area (Å²) >= 11 is 0. The Morgan fingerprint density at radius 1 is 0.897 bits per heavy atom. The lowest BCUT2D eigenvalue weighted by Gasteiger charge is -2.29. The van der Waals surface area contributed by atoms with Gasteiger partial charge in [-0.15, -0.1) is 0 Å². The second-order valence-electron chi connectivity index (χ2n) is 9.43. The van der Waals surface area contributed by atoms with Gasteiger partial charge in [0.2, 0.25) is 11.8 Å². The molecule has 0 saturated carbocycles. The molecule has 0 aliphatic carbocycles. The number of nitrogens with zero attached hydrogens (tertiary/aromatic N) is 3. The number of para-hydroxylation sites is 1. The molecule has 1 aliphatic heterocycles. The summed E-state index contributed by atoms with van der Waals surface area (Å²) in [6.45, 7) is 3.18. The van der Waals surface area contributed by atoms with Gasteiger partial charge in [0.1, 0.15) is 12.3 Å². The average molecular weight is 527 g/mol. The molecule has 0 atom stereocenters. The Morgan fingerprint density at radius 3 is 2.38 bits per heavy atom. The molecule has 9 heteroatoms. The second kappa shape index (κ2) is 11.4. The van der Waals surface area contributed by atoms with Crippen LogP contribution in [0.4, 0.5) is 5.69 Å². The van der Waals surface area contributed by atoms with Gasteiger partial charge in [-0.25, -0.2) is 4.79 Å². The largest absolute Gasteiger partial charge is 0.494 e. The molecule has 1 aliphatic rings. The van der Waals surface area contributed by atoms with E-state index in [9.17, 15) is 19.2 Å². The van der Waals surface area contributed by atoms with Crippen LogP contribution < -0.4 is 21.3 Å². The van der Waals surface area contributed by atoms with E-state index in [0.717, 1.165) is 16.6 Å². The van der Waals surface area contributed by atoms with Crippen molar-refractivity contribution in [1.82, 2.24) is 14.0 Å². The van der Waals surface area contributed by atoms with E-state index in [-0.39, 0.29) is 25.4 Å². The van der Waals surface area contributed by atoms with Crippen molar-refractivity contribution in [3.8, 4) is 5.75 Å². The van der Waals surface area contributed by atoms with E-state index < -0.39 is 17.2 Å². The summed E-state index contributed by atoms with van der Waals surface area (Å²) in [6.07, 6.45) is 0.780. The van der Waals surface area contributed by atoms with E-state index in [1.807, 2.05) is 25.1 Å². The van der Waals surface area contributed by atoms with Crippen molar-refractivity contribution in [3.63, 3.8) is 0 Å². The van der Waals surface area contributed by atoms with Crippen molar-refractivity contribution in [2.45, 2.75) is 39.4 Å². The Balaban J connectivity index is 1.35. The monoisotopic (exact) mass is 526 g/mol. The van der Waals surface area contributed by atoms with Crippen LogP contribution in [0.2, 0.25) is 0 Å². The van der Waals surface area contributed by atoms with Gasteiger partial charge in [0, 0.05) is 31.7 Å². The smallest absolute Gasteiger partial charge is 0.331 e. The quantitative estimate of drug-likeness (QED) is 0.380. The number of benzene rings is 3. The Bertz CT molecular complexity index is 1640. The van der Waals surface area contributed by atoms with Crippen LogP contribution in [-0.2, 0) is 35.6 Å². The van der Waals surface area contributed by atoms with Gasteiger partial charge in [0.15, 0.2) is 0 Å². The van der Waals surface area contributed by atoms with Crippen LogP contribution in [0.1, 0.15) is 24.5 Å². The fourth-order valence-electron chi connectivity index (χ4n) is 4.94. The first-order valence-corrected chi connectivity index (χ1v) is 13.0. The number of aromatic nitrogens is 2. The van der Waals surface area contributed by atoms with Crippen LogP contribution in [-0.4, -0.2) is 39.0 Å². The number of nitrogens with one attached hydrogen (secondary N) is 1. The van der Waals surface area contributed by atoms with Gasteiger partial charge in [0.25, 0.3) is 5.56 Å². The fraction of sp³-hybridized carbons (Fsp3) is 0.267. The number of fused-ring (bicyclic) bond motifs is 2. The van der Waals surface area contributed by atoms with Crippen LogP contribution in [0, 0.1) is 0 Å². The second-order valence-corrected chi connectivity index (χ2v) is 9.43. The molecular formula is C30H30N4O5. The van der Waals surface area contributed by atoms with Crippen LogP contribution in [0.5, 0.6) is 5.75 Å². The maximum absolute atomic E-state index is 13.5. The molecule has 2 amide bonds. The lowest BCUT2D eigenvalue weighted by atomic mass is 10.00. The third-order valence-corrected chi connectivity index (χ3v) is 6.92. The molecule has 9 nitrogen and oxygen atoms in total. The average Bonchev–Trinajstić information content (AvgIpc) is 2.96. The van der Waals surface area contributed by atoms with E-state index in [1.54, 1.807) is 53.4 Å². The third kappa shape index (κ3) is 5.62. The van der Waals surface area contributed by atoms with E-state index >= 15 is 0 Å². The minimum Gasteiger partial charge on any atom is -0.494 e. The van der Waals surface area contributed by atoms with Gasteiger partial charge in [-0.3, -0.25) is 23.5 Å². The van der Waals surface area contributed by atoms with Gasteiger partial charge in [-0.2, -0.15) is 0 Å². The molecule has 0 unspecified atom stereocenters. The van der Waals surface area contributed by atoms with Crippen molar-refractivity contribution < 1.29 is 14.3 Å². The van der Waals surface area contributed by atoms with Crippen molar-refractivity contribution >= 4 is 28.4 Å². The molecule has 1 aromatic heterocycles. The molecule has 3 aromatic carbocycles. The molecule has 0 saturated heterocycles. The number of ether oxygens (including phenoxy) is 1. The molecule has 0 bridgehead atoms. The summed E-state index contributed by atoms with van der Waals surface area (Å²) in [4.78, 5) is 54.4. The van der Waals surface area contributed by atoms with Gasteiger partial charge in [-0.1, -0.05) is 36.4 Å². The highest BCUT2D eigenvalue weighted by molar-refractivity contribution is 5.91. The zero-order valence-electron chi connectivity index (χ0n) is 21.8. The van der Waals surface area contributed by atoms with Crippen molar-refractivity contribution in [1.29, 1.82) is 0 Å². The van der Waals surface area contributed by atoms with Gasteiger partial charge < -0.3 is 15.0 Å². The highest BCUT2D eigenvalue weighted by atomic mass is 16.5. The van der Waals surface area contributed by atoms with Gasteiger partial charge in [0.05, 0.1) is 17.5 Å². The molecule has 39 heavy (non-hydrogen) atoms. The Morgan fingerprint density at radius 2 is 1.62 bits per heavy atom. The van der Waals surface area contributed by atoms with E-state index in [1.165, 1.54) is 10.1 Å². The highest BCUT2D eigenvalue weighted by Crippen LogP contribution is 2.19. The molecule has 2 heterocycles. The molecule has 0 spiro atoms. The SMILES string of the molecule is CCOc1ccc(NC(=O)Cn2c(=O)n(CCC(=O)N3CCc4ccccc4C3)c(=O)c3ccccc32)cc1. The molecule has 1 N–H and O–H groups in total.